The first-order valence-corrected chi connectivity index (χ1v) is 6.18. The maximum absolute atomic E-state index is 4.21. The van der Waals surface area contributed by atoms with Crippen LogP contribution in [0.3, 0.4) is 0 Å². The standard InChI is InChI=1S/C13H19N5/c1-5-13(4,14)12-15-16-17-18(12)11-9(2)7-6-8-10(11)3/h6-8H,5,14H2,1-4H3/p+1/t13-/m1/s1. The van der Waals surface area contributed by atoms with Crippen molar-refractivity contribution in [2.45, 2.75) is 39.7 Å². The van der Waals surface area contributed by atoms with E-state index in [0.717, 1.165) is 29.1 Å². The van der Waals surface area contributed by atoms with Gasteiger partial charge in [0.2, 0.25) is 5.82 Å². The zero-order chi connectivity index (χ0) is 13.3. The lowest BCUT2D eigenvalue weighted by Gasteiger charge is -2.19. The van der Waals surface area contributed by atoms with Crippen LogP contribution in [0.4, 0.5) is 0 Å². The van der Waals surface area contributed by atoms with Crippen LogP contribution >= 0.6 is 0 Å². The zero-order valence-electron chi connectivity index (χ0n) is 11.4. The van der Waals surface area contributed by atoms with Crippen LogP contribution < -0.4 is 5.73 Å². The van der Waals surface area contributed by atoms with Gasteiger partial charge in [0.25, 0.3) is 0 Å². The van der Waals surface area contributed by atoms with Crippen molar-refractivity contribution in [1.29, 1.82) is 0 Å². The van der Waals surface area contributed by atoms with E-state index in [0.29, 0.717) is 0 Å². The largest absolute Gasteiger partial charge is 0.347 e. The number of hydrogen-bond acceptors (Lipinski definition) is 3. The second-order valence-corrected chi connectivity index (χ2v) is 5.07. The third-order valence-electron chi connectivity index (χ3n) is 3.44. The zero-order valence-corrected chi connectivity index (χ0v) is 11.4. The lowest BCUT2D eigenvalue weighted by atomic mass is 9.99. The van der Waals surface area contributed by atoms with E-state index >= 15 is 0 Å². The molecule has 2 rings (SSSR count). The Kier molecular flexibility index (Phi) is 3.17. The number of quaternary nitrogens is 1. The van der Waals surface area contributed by atoms with Crippen LogP contribution in [0.2, 0.25) is 0 Å². The van der Waals surface area contributed by atoms with Crippen molar-refractivity contribution in [1.82, 2.24) is 20.2 Å². The van der Waals surface area contributed by atoms with E-state index in [1.165, 1.54) is 0 Å². The highest BCUT2D eigenvalue weighted by Gasteiger charge is 2.31. The molecule has 0 aliphatic heterocycles. The minimum atomic E-state index is -0.280. The summed E-state index contributed by atoms with van der Waals surface area (Å²) in [5, 5.41) is 12.1. The number of aromatic nitrogens is 4. The van der Waals surface area contributed by atoms with Crippen LogP contribution in [0.25, 0.3) is 5.69 Å². The number of benzene rings is 1. The molecule has 3 N–H and O–H groups in total. The smallest absolute Gasteiger partial charge is 0.216 e. The van der Waals surface area contributed by atoms with E-state index in [2.05, 4.69) is 61.1 Å². The van der Waals surface area contributed by atoms with E-state index in [1.807, 2.05) is 10.7 Å². The van der Waals surface area contributed by atoms with Gasteiger partial charge in [-0.1, -0.05) is 25.1 Å². The summed E-state index contributed by atoms with van der Waals surface area (Å²) in [6.45, 7) is 8.29. The molecule has 5 heteroatoms. The Morgan fingerprint density at radius 1 is 1.28 bits per heavy atom. The molecule has 1 aromatic heterocycles. The van der Waals surface area contributed by atoms with Crippen molar-refractivity contribution in [3.8, 4) is 5.69 Å². The fourth-order valence-electron chi connectivity index (χ4n) is 2.01. The van der Waals surface area contributed by atoms with E-state index in [1.54, 1.807) is 0 Å². The quantitative estimate of drug-likeness (QED) is 0.883. The molecule has 0 unspecified atom stereocenters. The number of aryl methyl sites for hydroxylation is 2. The van der Waals surface area contributed by atoms with Crippen LogP contribution in [-0.4, -0.2) is 20.2 Å². The molecular weight excluding hydrogens is 226 g/mol. The first-order chi connectivity index (χ1) is 8.47. The number of para-hydroxylation sites is 1. The fraction of sp³-hybridized carbons (Fsp3) is 0.462. The van der Waals surface area contributed by atoms with Crippen LogP contribution in [0.1, 0.15) is 37.2 Å². The molecule has 0 bridgehead atoms. The molecule has 0 amide bonds. The molecular formula is C13H20N5+. The van der Waals surface area contributed by atoms with Gasteiger partial charge in [0.1, 0.15) is 0 Å². The van der Waals surface area contributed by atoms with Gasteiger partial charge < -0.3 is 5.73 Å². The average molecular weight is 246 g/mol. The van der Waals surface area contributed by atoms with Gasteiger partial charge in [-0.3, -0.25) is 0 Å². The lowest BCUT2D eigenvalue weighted by molar-refractivity contribution is -0.485. The van der Waals surface area contributed by atoms with Crippen molar-refractivity contribution in [2.75, 3.05) is 0 Å². The van der Waals surface area contributed by atoms with Crippen molar-refractivity contribution < 1.29 is 5.73 Å². The summed E-state index contributed by atoms with van der Waals surface area (Å²) in [4.78, 5) is 0. The Morgan fingerprint density at radius 3 is 2.44 bits per heavy atom. The summed E-state index contributed by atoms with van der Waals surface area (Å²) >= 11 is 0. The van der Waals surface area contributed by atoms with E-state index in [9.17, 15) is 0 Å². The predicted octanol–water partition coefficient (Wildman–Crippen LogP) is 1.15. The molecule has 1 aromatic carbocycles. The molecule has 1 atom stereocenters. The van der Waals surface area contributed by atoms with E-state index in [4.69, 9.17) is 0 Å². The van der Waals surface area contributed by atoms with Crippen LogP contribution in [0.5, 0.6) is 0 Å². The van der Waals surface area contributed by atoms with Gasteiger partial charge in [-0.2, -0.15) is 4.68 Å². The Labute approximate surface area is 107 Å². The van der Waals surface area contributed by atoms with Gasteiger partial charge in [0.05, 0.1) is 5.69 Å². The van der Waals surface area contributed by atoms with E-state index < -0.39 is 0 Å². The van der Waals surface area contributed by atoms with Crippen molar-refractivity contribution in [3.63, 3.8) is 0 Å². The van der Waals surface area contributed by atoms with Gasteiger partial charge in [-0.05, 0) is 42.3 Å². The first kappa shape index (κ1) is 12.7. The summed E-state index contributed by atoms with van der Waals surface area (Å²) in [5.74, 6) is 0.808. The van der Waals surface area contributed by atoms with Crippen molar-refractivity contribution in [2.24, 2.45) is 0 Å². The summed E-state index contributed by atoms with van der Waals surface area (Å²) in [5.41, 5.74) is 7.31. The topological polar surface area (TPSA) is 71.2 Å². The third-order valence-corrected chi connectivity index (χ3v) is 3.44. The Morgan fingerprint density at radius 2 is 1.89 bits per heavy atom. The van der Waals surface area contributed by atoms with Crippen LogP contribution in [0.15, 0.2) is 18.2 Å². The monoisotopic (exact) mass is 246 g/mol. The normalized spacial score (nSPS) is 14.5. The number of tetrazole rings is 1. The Bertz CT molecular complexity index is 536. The summed E-state index contributed by atoms with van der Waals surface area (Å²) in [6.07, 6.45) is 0.887. The Hall–Kier alpha value is -1.75. The number of rotatable bonds is 3. The Balaban J connectivity index is 2.63. The molecule has 18 heavy (non-hydrogen) atoms. The lowest BCUT2D eigenvalue weighted by Crippen LogP contribution is -2.68. The minimum Gasteiger partial charge on any atom is -0.347 e. The van der Waals surface area contributed by atoms with Gasteiger partial charge >= 0.3 is 0 Å². The van der Waals surface area contributed by atoms with Gasteiger partial charge in [-0.15, -0.1) is 5.10 Å². The molecule has 2 aromatic rings. The summed E-state index contributed by atoms with van der Waals surface area (Å²) in [6, 6.07) is 6.18. The second-order valence-electron chi connectivity index (χ2n) is 5.07. The van der Waals surface area contributed by atoms with Crippen molar-refractivity contribution >= 4 is 0 Å². The highest BCUT2D eigenvalue weighted by Crippen LogP contribution is 2.23. The molecule has 0 aliphatic carbocycles. The second kappa shape index (κ2) is 4.49. The van der Waals surface area contributed by atoms with E-state index in [-0.39, 0.29) is 5.54 Å². The molecule has 0 radical (unpaired) electrons. The average Bonchev–Trinajstić information content (AvgIpc) is 2.78. The molecule has 96 valence electrons. The number of nitrogens with zero attached hydrogens (tertiary/aromatic N) is 4. The maximum atomic E-state index is 4.21. The third kappa shape index (κ3) is 2.01. The highest BCUT2D eigenvalue weighted by molar-refractivity contribution is 5.46. The van der Waals surface area contributed by atoms with Gasteiger partial charge in [0, 0.05) is 6.42 Å². The molecule has 0 spiro atoms. The summed E-state index contributed by atoms with van der Waals surface area (Å²) < 4.78 is 1.82. The molecule has 0 saturated carbocycles. The summed E-state index contributed by atoms with van der Waals surface area (Å²) in [7, 11) is 0. The van der Waals surface area contributed by atoms with Gasteiger partial charge in [0.15, 0.2) is 5.54 Å². The molecule has 0 fully saturated rings. The first-order valence-electron chi connectivity index (χ1n) is 6.18. The van der Waals surface area contributed by atoms with Crippen LogP contribution in [-0.2, 0) is 5.54 Å². The highest BCUT2D eigenvalue weighted by atomic mass is 15.5. The molecule has 0 aliphatic rings. The fourth-order valence-corrected chi connectivity index (χ4v) is 2.01. The van der Waals surface area contributed by atoms with Crippen LogP contribution in [0, 0.1) is 13.8 Å². The molecule has 5 nitrogen and oxygen atoms in total. The predicted molar refractivity (Wildman–Crippen MR) is 69.2 cm³/mol. The van der Waals surface area contributed by atoms with Gasteiger partial charge in [-0.25, -0.2) is 0 Å². The van der Waals surface area contributed by atoms with Crippen molar-refractivity contribution in [3.05, 3.63) is 35.2 Å². The SMILES string of the molecule is CC[C@@](C)([NH3+])c1nnnn1-c1c(C)cccc1C. The molecule has 1 heterocycles. The minimum absolute atomic E-state index is 0.280. The molecule has 0 saturated heterocycles. The maximum Gasteiger partial charge on any atom is 0.216 e. The number of hydrogen-bond donors (Lipinski definition) is 1.